The molecule has 1 saturated carbocycles. The van der Waals surface area contributed by atoms with Gasteiger partial charge in [0.25, 0.3) is 5.56 Å². The third-order valence-corrected chi connectivity index (χ3v) is 6.45. The normalized spacial score (nSPS) is 16.5. The Balaban J connectivity index is 1.78. The molecule has 1 aromatic heterocycles. The molecule has 3 amide bonds. The number of thioether (sulfide) groups is 1. The van der Waals surface area contributed by atoms with Crippen LogP contribution in [0.1, 0.15) is 58.9 Å². The quantitative estimate of drug-likeness (QED) is 0.554. The molecule has 1 fully saturated rings. The first-order valence-corrected chi connectivity index (χ1v) is 11.1. The van der Waals surface area contributed by atoms with Gasteiger partial charge in [0.2, 0.25) is 5.91 Å². The fourth-order valence-electron chi connectivity index (χ4n) is 3.50. The number of hydrogen-bond acceptors (Lipinski definition) is 5. The van der Waals surface area contributed by atoms with Crippen LogP contribution in [-0.2, 0) is 4.79 Å². The van der Waals surface area contributed by atoms with E-state index >= 15 is 0 Å². The van der Waals surface area contributed by atoms with Crippen LogP contribution in [0.25, 0.3) is 10.9 Å². The van der Waals surface area contributed by atoms with E-state index in [1.807, 2.05) is 26.0 Å². The molecule has 8 heteroatoms. The molecule has 0 radical (unpaired) electrons. The molecule has 156 valence electrons. The van der Waals surface area contributed by atoms with E-state index in [0.717, 1.165) is 32.1 Å². The van der Waals surface area contributed by atoms with Crippen LogP contribution in [0.4, 0.5) is 4.79 Å². The molecule has 1 aliphatic rings. The van der Waals surface area contributed by atoms with Crippen molar-refractivity contribution in [3.63, 3.8) is 0 Å². The molecule has 0 unspecified atom stereocenters. The summed E-state index contributed by atoms with van der Waals surface area (Å²) < 4.78 is 1.65. The zero-order valence-corrected chi connectivity index (χ0v) is 17.9. The van der Waals surface area contributed by atoms with Crippen molar-refractivity contribution in [2.75, 3.05) is 0 Å². The maximum absolute atomic E-state index is 13.0. The van der Waals surface area contributed by atoms with E-state index in [2.05, 4.69) is 15.6 Å². The maximum atomic E-state index is 13.0. The van der Waals surface area contributed by atoms with Crippen LogP contribution in [0.15, 0.2) is 34.2 Å². The number of imide groups is 1. The molecule has 0 saturated heterocycles. The van der Waals surface area contributed by atoms with Crippen LogP contribution in [0, 0.1) is 0 Å². The van der Waals surface area contributed by atoms with Gasteiger partial charge >= 0.3 is 6.03 Å². The van der Waals surface area contributed by atoms with Crippen LogP contribution in [0.2, 0.25) is 0 Å². The first-order chi connectivity index (χ1) is 13.9. The van der Waals surface area contributed by atoms with E-state index in [-0.39, 0.29) is 17.6 Å². The minimum atomic E-state index is -0.576. The molecule has 0 aliphatic heterocycles. The lowest BCUT2D eigenvalue weighted by atomic mass is 10.2. The summed E-state index contributed by atoms with van der Waals surface area (Å²) in [6, 6.07) is 6.84. The topological polar surface area (TPSA) is 93.1 Å². The van der Waals surface area contributed by atoms with Crippen LogP contribution in [0.5, 0.6) is 0 Å². The molecule has 29 heavy (non-hydrogen) atoms. The molecule has 7 nitrogen and oxygen atoms in total. The minimum absolute atomic E-state index is 0.0527. The number of amides is 3. The van der Waals surface area contributed by atoms with Crippen molar-refractivity contribution in [1.82, 2.24) is 20.2 Å². The number of nitrogens with one attached hydrogen (secondary N) is 2. The molecule has 2 aromatic rings. The predicted octanol–water partition coefficient (Wildman–Crippen LogP) is 3.62. The lowest BCUT2D eigenvalue weighted by Gasteiger charge is -2.20. The SMILES string of the molecule is CC[C@H](C)n1c(S[C@@H](C)C(=O)NC(=O)NC2CCCC2)nc2ccccc2c1=O. The summed E-state index contributed by atoms with van der Waals surface area (Å²) in [4.78, 5) is 42.3. The van der Waals surface area contributed by atoms with E-state index in [1.165, 1.54) is 11.8 Å². The zero-order chi connectivity index (χ0) is 21.0. The fraction of sp³-hybridized carbons (Fsp3) is 0.524. The molecule has 1 aromatic carbocycles. The second kappa shape index (κ2) is 9.43. The molecule has 1 heterocycles. The number of urea groups is 1. The van der Waals surface area contributed by atoms with Gasteiger partial charge in [-0.2, -0.15) is 0 Å². The number of para-hydroxylation sites is 1. The smallest absolute Gasteiger partial charge is 0.321 e. The van der Waals surface area contributed by atoms with E-state index in [4.69, 9.17) is 0 Å². The van der Waals surface area contributed by atoms with Crippen LogP contribution in [0.3, 0.4) is 0 Å². The highest BCUT2D eigenvalue weighted by molar-refractivity contribution is 8.00. The third-order valence-electron chi connectivity index (χ3n) is 5.39. The van der Waals surface area contributed by atoms with Gasteiger partial charge in [-0.25, -0.2) is 9.78 Å². The van der Waals surface area contributed by atoms with Crippen LogP contribution in [-0.4, -0.2) is 32.8 Å². The van der Waals surface area contributed by atoms with Crippen LogP contribution >= 0.6 is 11.8 Å². The lowest BCUT2D eigenvalue weighted by molar-refractivity contribution is -0.119. The number of fused-ring (bicyclic) bond motifs is 1. The highest BCUT2D eigenvalue weighted by Gasteiger charge is 2.24. The van der Waals surface area contributed by atoms with Gasteiger partial charge in [-0.05, 0) is 45.2 Å². The molecule has 1 aliphatic carbocycles. The van der Waals surface area contributed by atoms with Crippen LogP contribution < -0.4 is 16.2 Å². The Kier molecular flexibility index (Phi) is 6.95. The average molecular weight is 417 g/mol. The first kappa shape index (κ1) is 21.4. The van der Waals surface area contributed by atoms with E-state index in [0.29, 0.717) is 16.1 Å². The predicted molar refractivity (Wildman–Crippen MR) is 115 cm³/mol. The summed E-state index contributed by atoms with van der Waals surface area (Å²) in [6.45, 7) is 5.68. The number of carbonyl (C=O) groups is 2. The molecule has 2 N–H and O–H groups in total. The number of nitrogens with zero attached hydrogens (tertiary/aromatic N) is 2. The minimum Gasteiger partial charge on any atom is -0.335 e. The Labute approximate surface area is 174 Å². The number of benzene rings is 1. The number of aromatic nitrogens is 2. The summed E-state index contributed by atoms with van der Waals surface area (Å²) >= 11 is 1.20. The largest absolute Gasteiger partial charge is 0.335 e. The van der Waals surface area contributed by atoms with Gasteiger partial charge in [0.1, 0.15) is 0 Å². The van der Waals surface area contributed by atoms with Crippen molar-refractivity contribution in [2.24, 2.45) is 0 Å². The molecule has 0 bridgehead atoms. The summed E-state index contributed by atoms with van der Waals surface area (Å²) in [5, 5.41) is 5.74. The first-order valence-electron chi connectivity index (χ1n) is 10.2. The van der Waals surface area contributed by atoms with E-state index < -0.39 is 17.2 Å². The maximum Gasteiger partial charge on any atom is 0.321 e. The molecule has 0 spiro atoms. The zero-order valence-electron chi connectivity index (χ0n) is 17.1. The van der Waals surface area contributed by atoms with Gasteiger partial charge in [-0.15, -0.1) is 0 Å². The summed E-state index contributed by atoms with van der Waals surface area (Å²) in [7, 11) is 0. The Morgan fingerprint density at radius 3 is 2.62 bits per heavy atom. The lowest BCUT2D eigenvalue weighted by Crippen LogP contribution is -2.46. The Morgan fingerprint density at radius 1 is 1.24 bits per heavy atom. The van der Waals surface area contributed by atoms with Gasteiger partial charge in [-0.3, -0.25) is 19.5 Å². The highest BCUT2D eigenvalue weighted by atomic mass is 32.2. The number of rotatable bonds is 6. The van der Waals surface area contributed by atoms with Crippen molar-refractivity contribution < 1.29 is 9.59 Å². The van der Waals surface area contributed by atoms with Crippen molar-refractivity contribution in [3.05, 3.63) is 34.6 Å². The monoisotopic (exact) mass is 416 g/mol. The van der Waals surface area contributed by atoms with Gasteiger partial charge in [-0.1, -0.05) is 43.7 Å². The summed E-state index contributed by atoms with van der Waals surface area (Å²) in [5.74, 6) is -0.399. The fourth-order valence-corrected chi connectivity index (χ4v) is 4.51. The van der Waals surface area contributed by atoms with Crippen molar-refractivity contribution in [2.45, 2.75) is 75.4 Å². The van der Waals surface area contributed by atoms with E-state index in [1.54, 1.807) is 23.6 Å². The van der Waals surface area contributed by atoms with Gasteiger partial charge in [0.05, 0.1) is 16.2 Å². The second-order valence-electron chi connectivity index (χ2n) is 7.55. The second-order valence-corrected chi connectivity index (χ2v) is 8.86. The third kappa shape index (κ3) is 4.98. The summed E-state index contributed by atoms with van der Waals surface area (Å²) in [5.41, 5.74) is 0.491. The Morgan fingerprint density at radius 2 is 1.93 bits per heavy atom. The molecular weight excluding hydrogens is 388 g/mol. The summed E-state index contributed by atoms with van der Waals surface area (Å²) in [6.07, 6.45) is 4.87. The van der Waals surface area contributed by atoms with Gasteiger partial charge in [0.15, 0.2) is 5.16 Å². The standard InChI is InChI=1S/C21H28N4O3S/c1-4-13(2)25-19(27)16-11-7-8-12-17(16)23-21(25)29-14(3)18(26)24-20(28)22-15-9-5-6-10-15/h7-8,11-15H,4-6,9-10H2,1-3H3,(H2,22,24,26,28)/t13-,14-/m0/s1. The van der Waals surface area contributed by atoms with Crippen molar-refractivity contribution in [3.8, 4) is 0 Å². The van der Waals surface area contributed by atoms with E-state index in [9.17, 15) is 14.4 Å². The van der Waals surface area contributed by atoms with Gasteiger partial charge in [0, 0.05) is 12.1 Å². The van der Waals surface area contributed by atoms with Crippen molar-refractivity contribution >= 4 is 34.6 Å². The highest BCUT2D eigenvalue weighted by Crippen LogP contribution is 2.26. The average Bonchev–Trinajstić information content (AvgIpc) is 3.20. The number of hydrogen-bond donors (Lipinski definition) is 2. The Hall–Kier alpha value is -2.35. The number of carbonyl (C=O) groups excluding carboxylic acids is 2. The van der Waals surface area contributed by atoms with Crippen molar-refractivity contribution in [1.29, 1.82) is 0 Å². The molecular formula is C21H28N4O3S. The molecule has 2 atom stereocenters. The molecule has 3 rings (SSSR count). The van der Waals surface area contributed by atoms with Gasteiger partial charge < -0.3 is 5.32 Å². The Bertz CT molecular complexity index is 953.